The Labute approximate surface area is 167 Å². The molecular formula is C24H32O4. The number of carboxylic acid groups (broad SMARTS) is 1. The largest absolute Gasteiger partial charge is 0.478 e. The maximum Gasteiger partial charge on any atom is 0.328 e. The number of ketones is 1. The molecule has 28 heavy (non-hydrogen) atoms. The van der Waals surface area contributed by atoms with Gasteiger partial charge in [-0.2, -0.15) is 0 Å². The zero-order chi connectivity index (χ0) is 19.7. The van der Waals surface area contributed by atoms with Crippen LogP contribution < -0.4 is 0 Å². The van der Waals surface area contributed by atoms with Crippen LogP contribution in [0.25, 0.3) is 0 Å². The molecule has 5 rings (SSSR count). The summed E-state index contributed by atoms with van der Waals surface area (Å²) in [5.41, 5.74) is 0.110. The fourth-order valence-corrected chi connectivity index (χ4v) is 8.30. The molecule has 0 saturated heterocycles. The molecular weight excluding hydrogens is 352 g/mol. The highest BCUT2D eigenvalue weighted by Crippen LogP contribution is 2.77. The molecule has 4 heteroatoms. The minimum absolute atomic E-state index is 0.104. The lowest BCUT2D eigenvalue weighted by atomic mass is 9.49. The number of hydrogen-bond acceptors (Lipinski definition) is 3. The van der Waals surface area contributed by atoms with Crippen molar-refractivity contribution >= 4 is 11.8 Å². The summed E-state index contributed by atoms with van der Waals surface area (Å²) in [6.45, 7) is 2.20. The average Bonchev–Trinajstić information content (AvgIpc) is 3.42. The van der Waals surface area contributed by atoms with Gasteiger partial charge in [-0.15, -0.1) is 0 Å². The highest BCUT2D eigenvalue weighted by atomic mass is 16.4. The number of aliphatic hydroxyl groups is 1. The number of hydrogen-bond donors (Lipinski definition) is 2. The number of carbonyl (C=O) groups excluding carboxylic acids is 1. The maximum atomic E-state index is 12.0. The van der Waals surface area contributed by atoms with E-state index >= 15 is 0 Å². The molecule has 0 aromatic heterocycles. The van der Waals surface area contributed by atoms with Gasteiger partial charge in [0.05, 0.1) is 5.60 Å². The van der Waals surface area contributed by atoms with Crippen LogP contribution >= 0.6 is 0 Å². The summed E-state index contributed by atoms with van der Waals surface area (Å²) in [6.07, 6.45) is 14.7. The Morgan fingerprint density at radius 1 is 1.18 bits per heavy atom. The van der Waals surface area contributed by atoms with E-state index in [0.717, 1.165) is 57.8 Å². The summed E-state index contributed by atoms with van der Waals surface area (Å²) < 4.78 is 0. The average molecular weight is 385 g/mol. The summed E-state index contributed by atoms with van der Waals surface area (Å²) in [6, 6.07) is 0. The molecule has 0 aliphatic heterocycles. The lowest BCUT2D eigenvalue weighted by molar-refractivity contribution is -0.133. The Kier molecular flexibility index (Phi) is 4.01. The first kappa shape index (κ1) is 18.6. The van der Waals surface area contributed by atoms with Gasteiger partial charge < -0.3 is 10.2 Å². The SMILES string of the molecule is CC[C@]12CC[C@H]3[C@@H](CCC4=CC(=O)CC[C@@H]43)[C@@H]1CC1(CC1)[C@@]2(O)/C=C\C(=O)O. The molecule has 5 aliphatic rings. The molecule has 4 saturated carbocycles. The van der Waals surface area contributed by atoms with Gasteiger partial charge in [-0.1, -0.05) is 12.5 Å². The quantitative estimate of drug-likeness (QED) is 0.712. The second kappa shape index (κ2) is 6.04. The van der Waals surface area contributed by atoms with Crippen molar-refractivity contribution in [3.8, 4) is 0 Å². The molecule has 0 heterocycles. The topological polar surface area (TPSA) is 74.6 Å². The third kappa shape index (κ3) is 2.27. The van der Waals surface area contributed by atoms with Crippen LogP contribution in [0.15, 0.2) is 23.8 Å². The van der Waals surface area contributed by atoms with Gasteiger partial charge in [-0.25, -0.2) is 4.79 Å². The van der Waals surface area contributed by atoms with Crippen LogP contribution in [0.1, 0.15) is 71.1 Å². The Morgan fingerprint density at radius 3 is 2.64 bits per heavy atom. The van der Waals surface area contributed by atoms with Crippen molar-refractivity contribution in [1.82, 2.24) is 0 Å². The lowest BCUT2D eigenvalue weighted by Crippen LogP contribution is -2.55. The van der Waals surface area contributed by atoms with Crippen LogP contribution in [0.5, 0.6) is 0 Å². The summed E-state index contributed by atoms with van der Waals surface area (Å²) in [7, 11) is 0. The van der Waals surface area contributed by atoms with E-state index in [1.807, 2.05) is 6.08 Å². The van der Waals surface area contributed by atoms with Crippen LogP contribution in [-0.2, 0) is 9.59 Å². The van der Waals surface area contributed by atoms with Gasteiger partial charge >= 0.3 is 5.97 Å². The van der Waals surface area contributed by atoms with Crippen LogP contribution in [0.3, 0.4) is 0 Å². The third-order valence-electron chi connectivity index (χ3n) is 9.64. The Balaban J connectivity index is 1.53. The predicted octanol–water partition coefficient (Wildman–Crippen LogP) is 4.28. The number of carbonyl (C=O) groups is 2. The summed E-state index contributed by atoms with van der Waals surface area (Å²) in [5, 5.41) is 21.3. The summed E-state index contributed by atoms with van der Waals surface area (Å²) in [4.78, 5) is 23.2. The van der Waals surface area contributed by atoms with Crippen molar-refractivity contribution in [3.05, 3.63) is 23.8 Å². The van der Waals surface area contributed by atoms with Gasteiger partial charge in [0.1, 0.15) is 0 Å². The molecule has 152 valence electrons. The van der Waals surface area contributed by atoms with Crippen LogP contribution in [-0.4, -0.2) is 27.6 Å². The van der Waals surface area contributed by atoms with Crippen molar-refractivity contribution in [2.75, 3.05) is 0 Å². The van der Waals surface area contributed by atoms with Gasteiger partial charge in [0, 0.05) is 23.3 Å². The highest BCUT2D eigenvalue weighted by molar-refractivity contribution is 5.91. The van der Waals surface area contributed by atoms with E-state index in [4.69, 9.17) is 0 Å². The van der Waals surface area contributed by atoms with Gasteiger partial charge in [0.2, 0.25) is 0 Å². The molecule has 0 unspecified atom stereocenters. The summed E-state index contributed by atoms with van der Waals surface area (Å²) in [5.74, 6) is 1.61. The van der Waals surface area contributed by atoms with E-state index in [9.17, 15) is 19.8 Å². The minimum atomic E-state index is -0.985. The molecule has 0 amide bonds. The van der Waals surface area contributed by atoms with E-state index in [-0.39, 0.29) is 10.8 Å². The molecule has 4 fully saturated rings. The molecule has 0 aromatic carbocycles. The molecule has 1 spiro atoms. The van der Waals surface area contributed by atoms with Gasteiger partial charge in [0.25, 0.3) is 0 Å². The van der Waals surface area contributed by atoms with E-state index in [1.165, 1.54) is 11.6 Å². The number of carboxylic acids is 1. The number of aliphatic carboxylic acids is 1. The number of allylic oxidation sites excluding steroid dienone is 1. The molecule has 0 aromatic rings. The van der Waals surface area contributed by atoms with Crippen LogP contribution in [0, 0.1) is 34.5 Å². The van der Waals surface area contributed by atoms with Gasteiger partial charge in [-0.05, 0) is 93.6 Å². The van der Waals surface area contributed by atoms with Crippen molar-refractivity contribution in [1.29, 1.82) is 0 Å². The molecule has 0 bridgehead atoms. The van der Waals surface area contributed by atoms with Gasteiger partial charge in [-0.3, -0.25) is 4.79 Å². The van der Waals surface area contributed by atoms with E-state index in [0.29, 0.717) is 35.9 Å². The zero-order valence-corrected chi connectivity index (χ0v) is 16.8. The van der Waals surface area contributed by atoms with Crippen LogP contribution in [0.4, 0.5) is 0 Å². The number of fused-ring (bicyclic) bond motifs is 5. The van der Waals surface area contributed by atoms with Crippen molar-refractivity contribution in [2.24, 2.45) is 34.5 Å². The van der Waals surface area contributed by atoms with Gasteiger partial charge in [0.15, 0.2) is 5.78 Å². The Morgan fingerprint density at radius 2 is 1.96 bits per heavy atom. The second-order valence-corrected chi connectivity index (χ2v) is 10.3. The first-order chi connectivity index (χ1) is 13.4. The minimum Gasteiger partial charge on any atom is -0.478 e. The maximum absolute atomic E-state index is 12.0. The highest BCUT2D eigenvalue weighted by Gasteiger charge is 2.75. The van der Waals surface area contributed by atoms with Crippen molar-refractivity contribution in [2.45, 2.75) is 76.7 Å². The fourth-order valence-electron chi connectivity index (χ4n) is 8.30. The number of rotatable bonds is 3. The first-order valence-electron chi connectivity index (χ1n) is 11.2. The second-order valence-electron chi connectivity index (χ2n) is 10.3. The fraction of sp³-hybridized carbons (Fsp3) is 0.750. The third-order valence-corrected chi connectivity index (χ3v) is 9.64. The molecule has 5 aliphatic carbocycles. The molecule has 4 nitrogen and oxygen atoms in total. The van der Waals surface area contributed by atoms with E-state index in [1.54, 1.807) is 6.08 Å². The standard InChI is InChI=1S/C24H32O4/c1-2-23-9-7-18-17-6-4-16(25)13-15(17)3-5-19(18)20(23)14-22(11-12-22)24(23,28)10-8-21(26)27/h8,10,13,17-20,28H,2-7,9,11-12,14H2,1H3,(H,26,27)/b10-8-/t17-,18+,19+,20-,23-,24-/m0/s1. The normalized spacial score (nSPS) is 46.1. The lowest BCUT2D eigenvalue weighted by Gasteiger charge is -2.56. The molecule has 2 N–H and O–H groups in total. The Hall–Kier alpha value is -1.42. The van der Waals surface area contributed by atoms with E-state index < -0.39 is 11.6 Å². The zero-order valence-electron chi connectivity index (χ0n) is 16.8. The Bertz CT molecular complexity index is 775. The van der Waals surface area contributed by atoms with Crippen molar-refractivity contribution in [3.63, 3.8) is 0 Å². The molecule has 0 radical (unpaired) electrons. The van der Waals surface area contributed by atoms with E-state index in [2.05, 4.69) is 6.92 Å². The molecule has 6 atom stereocenters. The monoisotopic (exact) mass is 384 g/mol. The predicted molar refractivity (Wildman–Crippen MR) is 105 cm³/mol. The van der Waals surface area contributed by atoms with Crippen LogP contribution in [0.2, 0.25) is 0 Å². The summed E-state index contributed by atoms with van der Waals surface area (Å²) >= 11 is 0. The van der Waals surface area contributed by atoms with Crippen molar-refractivity contribution < 1.29 is 19.8 Å². The first-order valence-corrected chi connectivity index (χ1v) is 11.2. The smallest absolute Gasteiger partial charge is 0.328 e.